The predicted octanol–water partition coefficient (Wildman–Crippen LogP) is 4.02. The van der Waals surface area contributed by atoms with Gasteiger partial charge in [0.15, 0.2) is 5.82 Å². The lowest BCUT2D eigenvalue weighted by molar-refractivity contribution is 0.425. The highest BCUT2D eigenvalue weighted by molar-refractivity contribution is 7.99. The summed E-state index contributed by atoms with van der Waals surface area (Å²) in [7, 11) is 0. The molecule has 0 radical (unpaired) electrons. The van der Waals surface area contributed by atoms with Crippen LogP contribution >= 0.6 is 11.8 Å². The van der Waals surface area contributed by atoms with Crippen molar-refractivity contribution in [2.45, 2.75) is 43.1 Å². The molecule has 2 aromatic rings. The van der Waals surface area contributed by atoms with Crippen molar-refractivity contribution < 1.29 is 8.91 Å². The van der Waals surface area contributed by atoms with Crippen molar-refractivity contribution in [3.05, 3.63) is 29.8 Å². The van der Waals surface area contributed by atoms with Crippen LogP contribution in [0, 0.1) is 5.82 Å². The Morgan fingerprint density at radius 2 is 2.10 bits per heavy atom. The van der Waals surface area contributed by atoms with E-state index < -0.39 is 0 Å². The summed E-state index contributed by atoms with van der Waals surface area (Å²) >= 11 is 1.89. The van der Waals surface area contributed by atoms with E-state index in [1.807, 2.05) is 11.8 Å². The largest absolute Gasteiger partial charge is 0.398 e. The maximum absolute atomic E-state index is 13.0. The molecule has 1 aliphatic carbocycles. The van der Waals surface area contributed by atoms with Gasteiger partial charge in [-0.15, -0.1) is 0 Å². The van der Waals surface area contributed by atoms with Crippen LogP contribution in [0.3, 0.4) is 0 Å². The maximum atomic E-state index is 13.0. The number of aromatic nitrogens is 2. The molecule has 1 fully saturated rings. The summed E-state index contributed by atoms with van der Waals surface area (Å²) in [5.41, 5.74) is 6.67. The molecule has 112 valence electrons. The number of hydrogen-bond acceptors (Lipinski definition) is 5. The Bertz CT molecular complexity index is 611. The minimum absolute atomic E-state index is 0.310. The summed E-state index contributed by atoms with van der Waals surface area (Å²) in [5.74, 6) is 1.40. The van der Waals surface area contributed by atoms with Crippen molar-refractivity contribution in [2.75, 3.05) is 5.73 Å². The molecule has 4 nitrogen and oxygen atoms in total. The average Bonchev–Trinajstić information content (AvgIpc) is 2.95. The third-order valence-electron chi connectivity index (χ3n) is 3.71. The first-order valence-corrected chi connectivity index (χ1v) is 8.27. The van der Waals surface area contributed by atoms with Gasteiger partial charge in [0.05, 0.1) is 11.3 Å². The first-order valence-electron chi connectivity index (χ1n) is 7.22. The zero-order chi connectivity index (χ0) is 14.7. The Hall–Kier alpha value is -1.56. The third-order valence-corrected chi connectivity index (χ3v) is 5.08. The van der Waals surface area contributed by atoms with Crippen LogP contribution in [0.4, 0.5) is 10.1 Å². The van der Waals surface area contributed by atoms with Gasteiger partial charge in [0.25, 0.3) is 5.89 Å². The molecule has 2 N–H and O–H groups in total. The number of benzene rings is 1. The molecule has 0 atom stereocenters. The zero-order valence-corrected chi connectivity index (χ0v) is 12.5. The monoisotopic (exact) mass is 307 g/mol. The van der Waals surface area contributed by atoms with Crippen molar-refractivity contribution in [1.29, 1.82) is 0 Å². The summed E-state index contributed by atoms with van der Waals surface area (Å²) in [6.07, 6.45) is 6.55. The molecule has 1 aromatic carbocycles. The number of rotatable bonds is 4. The minimum atomic E-state index is -0.371. The molecular weight excluding hydrogens is 289 g/mol. The van der Waals surface area contributed by atoms with Gasteiger partial charge in [-0.05, 0) is 31.0 Å². The smallest absolute Gasteiger partial charge is 0.260 e. The molecule has 3 rings (SSSR count). The molecule has 0 unspecified atom stereocenters. The summed E-state index contributed by atoms with van der Waals surface area (Å²) < 4.78 is 18.3. The van der Waals surface area contributed by atoms with Crippen LogP contribution < -0.4 is 5.73 Å². The number of anilines is 1. The topological polar surface area (TPSA) is 64.9 Å². The number of nitrogens with two attached hydrogens (primary N) is 1. The Morgan fingerprint density at radius 3 is 2.86 bits per heavy atom. The Morgan fingerprint density at radius 1 is 1.29 bits per heavy atom. The first-order chi connectivity index (χ1) is 10.2. The fraction of sp³-hybridized carbons (Fsp3) is 0.467. The van der Waals surface area contributed by atoms with Crippen LogP contribution in [0.15, 0.2) is 22.7 Å². The SMILES string of the molecule is Nc1cc(F)ccc1-c1nc(CSC2CCCCC2)no1. The van der Waals surface area contributed by atoms with Gasteiger partial charge in [0, 0.05) is 10.9 Å². The number of hydrogen-bond donors (Lipinski definition) is 1. The second-order valence-corrected chi connectivity index (χ2v) is 6.61. The van der Waals surface area contributed by atoms with Crippen LogP contribution in [-0.4, -0.2) is 15.4 Å². The van der Waals surface area contributed by atoms with Gasteiger partial charge < -0.3 is 10.3 Å². The molecule has 0 saturated heterocycles. The van der Waals surface area contributed by atoms with Gasteiger partial charge in [0.2, 0.25) is 0 Å². The van der Waals surface area contributed by atoms with E-state index in [2.05, 4.69) is 10.1 Å². The molecule has 0 spiro atoms. The lowest BCUT2D eigenvalue weighted by atomic mass is 10.0. The van der Waals surface area contributed by atoms with E-state index in [1.165, 1.54) is 44.2 Å². The summed E-state index contributed by atoms with van der Waals surface area (Å²) in [5, 5.41) is 4.69. The fourth-order valence-electron chi connectivity index (χ4n) is 2.57. The quantitative estimate of drug-likeness (QED) is 0.864. The predicted molar refractivity (Wildman–Crippen MR) is 82.3 cm³/mol. The normalized spacial score (nSPS) is 16.2. The van der Waals surface area contributed by atoms with E-state index in [1.54, 1.807) is 6.07 Å². The molecule has 0 aliphatic heterocycles. The highest BCUT2D eigenvalue weighted by atomic mass is 32.2. The standard InChI is InChI=1S/C15H18FN3OS/c16-10-6-7-12(13(17)8-10)15-18-14(19-20-15)9-21-11-4-2-1-3-5-11/h6-8,11H,1-5,9,17H2. The van der Waals surface area contributed by atoms with Gasteiger partial charge in [-0.2, -0.15) is 16.7 Å². The molecular formula is C15H18FN3OS. The Balaban J connectivity index is 1.65. The minimum Gasteiger partial charge on any atom is -0.398 e. The van der Waals surface area contributed by atoms with Gasteiger partial charge in [-0.3, -0.25) is 0 Å². The Labute approximate surface area is 127 Å². The lowest BCUT2D eigenvalue weighted by Crippen LogP contribution is -2.08. The van der Waals surface area contributed by atoms with Crippen molar-refractivity contribution in [2.24, 2.45) is 0 Å². The van der Waals surface area contributed by atoms with Crippen LogP contribution in [0.2, 0.25) is 0 Å². The van der Waals surface area contributed by atoms with Gasteiger partial charge >= 0.3 is 0 Å². The molecule has 1 aliphatic rings. The maximum Gasteiger partial charge on any atom is 0.260 e. The Kier molecular flexibility index (Phi) is 4.43. The van der Waals surface area contributed by atoms with Crippen molar-refractivity contribution in [1.82, 2.24) is 10.1 Å². The second kappa shape index (κ2) is 6.47. The second-order valence-electron chi connectivity index (χ2n) is 5.32. The molecule has 1 aromatic heterocycles. The molecule has 0 amide bonds. The fourth-order valence-corrected chi connectivity index (χ4v) is 3.74. The van der Waals surface area contributed by atoms with Gasteiger partial charge in [0.1, 0.15) is 5.82 Å². The number of nitrogen functional groups attached to an aromatic ring is 1. The lowest BCUT2D eigenvalue weighted by Gasteiger charge is -2.19. The van der Waals surface area contributed by atoms with Crippen molar-refractivity contribution in [3.63, 3.8) is 0 Å². The zero-order valence-electron chi connectivity index (χ0n) is 11.7. The summed E-state index contributed by atoms with van der Waals surface area (Å²) in [6, 6.07) is 4.17. The molecule has 0 bridgehead atoms. The molecule has 6 heteroatoms. The van der Waals surface area contributed by atoms with Crippen molar-refractivity contribution in [3.8, 4) is 11.5 Å². The summed E-state index contributed by atoms with van der Waals surface area (Å²) in [4.78, 5) is 4.35. The van der Waals surface area contributed by atoms with Crippen LogP contribution in [0.5, 0.6) is 0 Å². The van der Waals surface area contributed by atoms with E-state index >= 15 is 0 Å². The summed E-state index contributed by atoms with van der Waals surface area (Å²) in [6.45, 7) is 0. The molecule has 1 heterocycles. The average molecular weight is 307 g/mol. The van der Waals surface area contributed by atoms with Gasteiger partial charge in [-0.25, -0.2) is 4.39 Å². The highest BCUT2D eigenvalue weighted by Gasteiger charge is 2.16. The molecule has 1 saturated carbocycles. The third kappa shape index (κ3) is 3.56. The van der Waals surface area contributed by atoms with E-state index in [-0.39, 0.29) is 5.82 Å². The van der Waals surface area contributed by atoms with E-state index in [0.29, 0.717) is 28.2 Å². The highest BCUT2D eigenvalue weighted by Crippen LogP contribution is 2.31. The molecule has 21 heavy (non-hydrogen) atoms. The van der Waals surface area contributed by atoms with Crippen LogP contribution in [0.1, 0.15) is 37.9 Å². The van der Waals surface area contributed by atoms with E-state index in [4.69, 9.17) is 10.3 Å². The van der Waals surface area contributed by atoms with E-state index in [9.17, 15) is 4.39 Å². The number of thioether (sulfide) groups is 1. The first kappa shape index (κ1) is 14.4. The number of halogens is 1. The van der Waals surface area contributed by atoms with Gasteiger partial charge in [-0.1, -0.05) is 24.4 Å². The van der Waals surface area contributed by atoms with Crippen LogP contribution in [-0.2, 0) is 5.75 Å². The number of nitrogens with zero attached hydrogens (tertiary/aromatic N) is 2. The van der Waals surface area contributed by atoms with E-state index in [0.717, 1.165) is 5.75 Å². The van der Waals surface area contributed by atoms with Crippen molar-refractivity contribution >= 4 is 17.4 Å². The van der Waals surface area contributed by atoms with Crippen LogP contribution in [0.25, 0.3) is 11.5 Å².